The van der Waals surface area contributed by atoms with Gasteiger partial charge in [-0.05, 0) is 56.0 Å². The van der Waals surface area contributed by atoms with E-state index in [4.69, 9.17) is 14.2 Å². The maximum absolute atomic E-state index is 6.00. The second-order valence-electron chi connectivity index (χ2n) is 5.50. The first-order valence-corrected chi connectivity index (χ1v) is 7.78. The van der Waals surface area contributed by atoms with Crippen LogP contribution in [0.1, 0.15) is 43.4 Å². The monoisotopic (exact) mass is 293 g/mol. The van der Waals surface area contributed by atoms with Crippen LogP contribution in [0.2, 0.25) is 0 Å². The number of benzene rings is 1. The van der Waals surface area contributed by atoms with Crippen molar-refractivity contribution in [2.75, 3.05) is 27.4 Å². The molecule has 1 aromatic rings. The number of ether oxygens (including phenoxy) is 3. The Morgan fingerprint density at radius 1 is 1.24 bits per heavy atom. The summed E-state index contributed by atoms with van der Waals surface area (Å²) in [4.78, 5) is 0. The van der Waals surface area contributed by atoms with Crippen molar-refractivity contribution in [3.05, 3.63) is 23.3 Å². The Hall–Kier alpha value is -1.26. The number of methoxy groups -OCH3 is 2. The second-order valence-corrected chi connectivity index (χ2v) is 5.50. The standard InChI is InChI=1S/C17H27NO3/c1-5-18-17(14-8-6-7-9-21-14)13-11-16(20-4)15(19-3)10-12(13)2/h10-11,14,17-18H,5-9H2,1-4H3. The van der Waals surface area contributed by atoms with E-state index in [2.05, 4.69) is 25.2 Å². The first kappa shape index (κ1) is 16.1. The molecule has 0 aromatic heterocycles. The third-order valence-corrected chi connectivity index (χ3v) is 4.12. The lowest BCUT2D eigenvalue weighted by molar-refractivity contribution is -0.00803. The highest BCUT2D eigenvalue weighted by molar-refractivity contribution is 5.48. The van der Waals surface area contributed by atoms with Crippen LogP contribution in [-0.2, 0) is 4.74 Å². The Morgan fingerprint density at radius 3 is 2.52 bits per heavy atom. The fourth-order valence-corrected chi connectivity index (χ4v) is 3.02. The largest absolute Gasteiger partial charge is 0.493 e. The zero-order valence-corrected chi connectivity index (χ0v) is 13.6. The summed E-state index contributed by atoms with van der Waals surface area (Å²) >= 11 is 0. The molecule has 21 heavy (non-hydrogen) atoms. The summed E-state index contributed by atoms with van der Waals surface area (Å²) in [7, 11) is 3.35. The average Bonchev–Trinajstić information content (AvgIpc) is 2.53. The molecule has 0 saturated carbocycles. The van der Waals surface area contributed by atoms with E-state index >= 15 is 0 Å². The predicted molar refractivity (Wildman–Crippen MR) is 84.3 cm³/mol. The maximum atomic E-state index is 6.00. The normalized spacial score (nSPS) is 20.1. The van der Waals surface area contributed by atoms with Gasteiger partial charge in [0.2, 0.25) is 0 Å². The van der Waals surface area contributed by atoms with Crippen molar-refractivity contribution < 1.29 is 14.2 Å². The molecule has 1 saturated heterocycles. The topological polar surface area (TPSA) is 39.7 Å². The van der Waals surface area contributed by atoms with Crippen molar-refractivity contribution >= 4 is 0 Å². The quantitative estimate of drug-likeness (QED) is 0.874. The lowest BCUT2D eigenvalue weighted by Crippen LogP contribution is -2.36. The van der Waals surface area contributed by atoms with Crippen LogP contribution in [0.3, 0.4) is 0 Å². The van der Waals surface area contributed by atoms with Crippen molar-refractivity contribution in [3.63, 3.8) is 0 Å². The molecule has 2 unspecified atom stereocenters. The second kappa shape index (κ2) is 7.66. The molecule has 1 heterocycles. The highest BCUT2D eigenvalue weighted by atomic mass is 16.5. The van der Waals surface area contributed by atoms with Gasteiger partial charge in [-0.25, -0.2) is 0 Å². The van der Waals surface area contributed by atoms with Gasteiger partial charge in [-0.1, -0.05) is 6.92 Å². The summed E-state index contributed by atoms with van der Waals surface area (Å²) in [6, 6.07) is 4.33. The van der Waals surface area contributed by atoms with Crippen LogP contribution in [0.5, 0.6) is 11.5 Å². The van der Waals surface area contributed by atoms with Crippen LogP contribution >= 0.6 is 0 Å². The van der Waals surface area contributed by atoms with Crippen molar-refractivity contribution in [1.82, 2.24) is 5.32 Å². The van der Waals surface area contributed by atoms with Gasteiger partial charge in [0.1, 0.15) is 0 Å². The lowest BCUT2D eigenvalue weighted by atomic mass is 9.92. The van der Waals surface area contributed by atoms with Gasteiger partial charge in [0.25, 0.3) is 0 Å². The molecule has 0 aliphatic carbocycles. The fraction of sp³-hybridized carbons (Fsp3) is 0.647. The molecule has 1 aromatic carbocycles. The Kier molecular flexibility index (Phi) is 5.88. The number of hydrogen-bond donors (Lipinski definition) is 1. The van der Waals surface area contributed by atoms with Crippen molar-refractivity contribution in [2.24, 2.45) is 0 Å². The van der Waals surface area contributed by atoms with E-state index < -0.39 is 0 Å². The summed E-state index contributed by atoms with van der Waals surface area (Å²) in [5, 5.41) is 3.58. The number of hydrogen-bond acceptors (Lipinski definition) is 4. The Morgan fingerprint density at radius 2 is 1.95 bits per heavy atom. The van der Waals surface area contributed by atoms with Gasteiger partial charge in [0.15, 0.2) is 11.5 Å². The lowest BCUT2D eigenvalue weighted by Gasteiger charge is -2.32. The molecule has 1 aliphatic heterocycles. The van der Waals surface area contributed by atoms with Gasteiger partial charge < -0.3 is 19.5 Å². The summed E-state index contributed by atoms with van der Waals surface area (Å²) in [6.45, 7) is 6.02. The third-order valence-electron chi connectivity index (χ3n) is 4.12. The Labute approximate surface area is 127 Å². The van der Waals surface area contributed by atoms with Gasteiger partial charge in [-0.2, -0.15) is 0 Å². The van der Waals surface area contributed by atoms with E-state index in [1.165, 1.54) is 24.0 Å². The molecule has 0 amide bonds. The van der Waals surface area contributed by atoms with E-state index in [-0.39, 0.29) is 12.1 Å². The predicted octanol–water partition coefficient (Wildman–Crippen LogP) is 3.23. The molecule has 0 radical (unpaired) electrons. The molecule has 118 valence electrons. The van der Waals surface area contributed by atoms with Gasteiger partial charge in [-0.15, -0.1) is 0 Å². The van der Waals surface area contributed by atoms with Crippen molar-refractivity contribution in [1.29, 1.82) is 0 Å². The van der Waals surface area contributed by atoms with Crippen LogP contribution in [0, 0.1) is 6.92 Å². The first-order valence-electron chi connectivity index (χ1n) is 7.78. The molecule has 0 bridgehead atoms. The van der Waals surface area contributed by atoms with Crippen molar-refractivity contribution in [2.45, 2.75) is 45.3 Å². The average molecular weight is 293 g/mol. The molecule has 0 spiro atoms. The molecule has 2 atom stereocenters. The van der Waals surface area contributed by atoms with E-state index in [9.17, 15) is 0 Å². The summed E-state index contributed by atoms with van der Waals surface area (Å²) < 4.78 is 16.8. The van der Waals surface area contributed by atoms with E-state index in [0.29, 0.717) is 0 Å². The Balaban J connectivity index is 2.34. The van der Waals surface area contributed by atoms with Gasteiger partial charge in [0.05, 0.1) is 26.4 Å². The molecule has 4 heteroatoms. The van der Waals surface area contributed by atoms with Crippen LogP contribution in [0.15, 0.2) is 12.1 Å². The molecular weight excluding hydrogens is 266 g/mol. The third kappa shape index (κ3) is 3.69. The fourth-order valence-electron chi connectivity index (χ4n) is 3.02. The van der Waals surface area contributed by atoms with E-state index in [1.807, 2.05) is 6.07 Å². The minimum atomic E-state index is 0.204. The van der Waals surface area contributed by atoms with Crippen LogP contribution < -0.4 is 14.8 Å². The van der Waals surface area contributed by atoms with E-state index in [1.54, 1.807) is 14.2 Å². The highest BCUT2D eigenvalue weighted by Gasteiger charge is 2.27. The van der Waals surface area contributed by atoms with Gasteiger partial charge in [0, 0.05) is 6.61 Å². The Bertz CT molecular complexity index is 456. The smallest absolute Gasteiger partial charge is 0.161 e. The highest BCUT2D eigenvalue weighted by Crippen LogP contribution is 2.36. The molecule has 1 N–H and O–H groups in total. The van der Waals surface area contributed by atoms with Gasteiger partial charge in [-0.3, -0.25) is 0 Å². The van der Waals surface area contributed by atoms with Crippen LogP contribution in [0.25, 0.3) is 0 Å². The summed E-state index contributed by atoms with van der Waals surface area (Å²) in [5.74, 6) is 1.55. The zero-order chi connectivity index (χ0) is 15.2. The van der Waals surface area contributed by atoms with Crippen molar-refractivity contribution in [3.8, 4) is 11.5 Å². The minimum absolute atomic E-state index is 0.204. The van der Waals surface area contributed by atoms with E-state index in [0.717, 1.165) is 31.1 Å². The molecule has 4 nitrogen and oxygen atoms in total. The summed E-state index contributed by atoms with van der Waals surface area (Å²) in [6.07, 6.45) is 3.74. The molecule has 2 rings (SSSR count). The van der Waals surface area contributed by atoms with Gasteiger partial charge >= 0.3 is 0 Å². The zero-order valence-electron chi connectivity index (χ0n) is 13.6. The number of aryl methyl sites for hydroxylation is 1. The first-order chi connectivity index (χ1) is 10.2. The number of nitrogens with one attached hydrogen (secondary N) is 1. The SMILES string of the molecule is CCNC(c1cc(OC)c(OC)cc1C)C1CCCCO1. The molecule has 1 aliphatic rings. The number of rotatable bonds is 6. The molecular formula is C17H27NO3. The van der Waals surface area contributed by atoms with Crippen LogP contribution in [0.4, 0.5) is 0 Å². The molecule has 1 fully saturated rings. The maximum Gasteiger partial charge on any atom is 0.161 e. The summed E-state index contributed by atoms with van der Waals surface area (Å²) in [5.41, 5.74) is 2.44. The van der Waals surface area contributed by atoms with Crippen LogP contribution in [-0.4, -0.2) is 33.5 Å². The number of likely N-dealkylation sites (N-methyl/N-ethyl adjacent to an activating group) is 1. The minimum Gasteiger partial charge on any atom is -0.493 e.